The van der Waals surface area contributed by atoms with Crippen LogP contribution in [0.25, 0.3) is 5.69 Å². The van der Waals surface area contributed by atoms with Gasteiger partial charge in [0.05, 0.1) is 10.6 Å². The minimum absolute atomic E-state index is 0.00158. The van der Waals surface area contributed by atoms with E-state index in [1.54, 1.807) is 54.6 Å². The second kappa shape index (κ2) is 8.88. The number of benzene rings is 3. The first-order valence-electron chi connectivity index (χ1n) is 9.46. The average molecular weight is 428 g/mol. The van der Waals surface area contributed by atoms with Gasteiger partial charge in [-0.2, -0.15) is 9.67 Å². The van der Waals surface area contributed by atoms with Gasteiger partial charge in [-0.25, -0.2) is 0 Å². The number of nitro benzene ring substituents is 1. The van der Waals surface area contributed by atoms with Crippen molar-refractivity contribution in [3.05, 3.63) is 106 Å². The summed E-state index contributed by atoms with van der Waals surface area (Å²) in [4.78, 5) is 39.7. The fraction of sp³-hybridized carbons (Fsp3) is 0. The van der Waals surface area contributed by atoms with Gasteiger partial charge in [0.25, 0.3) is 23.5 Å². The maximum atomic E-state index is 12.7. The molecule has 0 saturated carbocycles. The Morgan fingerprint density at radius 2 is 1.34 bits per heavy atom. The van der Waals surface area contributed by atoms with E-state index in [1.165, 1.54) is 28.9 Å². The number of amides is 2. The number of hydrogen-bond donors (Lipinski definition) is 2. The number of rotatable bonds is 6. The number of carbonyl (C=O) groups is 2. The van der Waals surface area contributed by atoms with Gasteiger partial charge in [-0.15, -0.1) is 5.10 Å². The van der Waals surface area contributed by atoms with Crippen LogP contribution in [0.5, 0.6) is 0 Å². The number of carbonyl (C=O) groups excluding carboxylic acids is 2. The number of anilines is 2. The number of nitrogens with one attached hydrogen (secondary N) is 2. The van der Waals surface area contributed by atoms with E-state index < -0.39 is 16.7 Å². The first-order chi connectivity index (χ1) is 15.5. The summed E-state index contributed by atoms with van der Waals surface area (Å²) in [5.41, 5.74) is 1.12. The fourth-order valence-corrected chi connectivity index (χ4v) is 2.87. The number of nitrogens with zero attached hydrogens (tertiary/aromatic N) is 4. The van der Waals surface area contributed by atoms with Gasteiger partial charge in [0.2, 0.25) is 5.95 Å². The lowest BCUT2D eigenvalue weighted by molar-refractivity contribution is -0.384. The molecular formula is C22H16N6O4. The third-order valence-corrected chi connectivity index (χ3v) is 4.43. The van der Waals surface area contributed by atoms with Crippen LogP contribution >= 0.6 is 0 Å². The highest BCUT2D eigenvalue weighted by Gasteiger charge is 2.18. The molecule has 0 saturated heterocycles. The predicted octanol–water partition coefficient (Wildman–Crippen LogP) is 3.68. The van der Waals surface area contributed by atoms with E-state index in [0.29, 0.717) is 11.3 Å². The van der Waals surface area contributed by atoms with Crippen molar-refractivity contribution in [2.24, 2.45) is 0 Å². The number of para-hydroxylation sites is 1. The molecule has 0 radical (unpaired) electrons. The molecule has 10 nitrogen and oxygen atoms in total. The molecule has 4 aromatic rings. The van der Waals surface area contributed by atoms with Crippen molar-refractivity contribution in [3.8, 4) is 5.69 Å². The van der Waals surface area contributed by atoms with Crippen LogP contribution in [0.3, 0.4) is 0 Å². The fourth-order valence-electron chi connectivity index (χ4n) is 2.87. The monoisotopic (exact) mass is 428 g/mol. The Morgan fingerprint density at radius 3 is 1.97 bits per heavy atom. The van der Waals surface area contributed by atoms with Crippen molar-refractivity contribution in [2.75, 3.05) is 10.6 Å². The molecule has 10 heteroatoms. The number of nitro groups is 1. The first kappa shape index (κ1) is 20.4. The van der Waals surface area contributed by atoms with Gasteiger partial charge in [0, 0.05) is 23.3 Å². The smallest absolute Gasteiger partial charge is 0.269 e. The number of hydrogen-bond acceptors (Lipinski definition) is 6. The normalized spacial score (nSPS) is 10.4. The zero-order valence-electron chi connectivity index (χ0n) is 16.5. The molecule has 4 rings (SSSR count). The van der Waals surface area contributed by atoms with E-state index in [1.807, 2.05) is 6.07 Å². The van der Waals surface area contributed by atoms with E-state index in [2.05, 4.69) is 20.7 Å². The van der Waals surface area contributed by atoms with Gasteiger partial charge < -0.3 is 0 Å². The second-order valence-electron chi connectivity index (χ2n) is 6.58. The topological polar surface area (TPSA) is 132 Å². The molecule has 158 valence electrons. The van der Waals surface area contributed by atoms with Crippen LogP contribution in [0.4, 0.5) is 17.6 Å². The maximum Gasteiger partial charge on any atom is 0.269 e. The van der Waals surface area contributed by atoms with E-state index >= 15 is 0 Å². The lowest BCUT2D eigenvalue weighted by Crippen LogP contribution is -2.16. The van der Waals surface area contributed by atoms with Crippen LogP contribution in [-0.4, -0.2) is 31.5 Å². The van der Waals surface area contributed by atoms with E-state index in [4.69, 9.17) is 0 Å². The molecule has 0 atom stereocenters. The minimum atomic E-state index is -0.546. The quantitative estimate of drug-likeness (QED) is 0.356. The highest BCUT2D eigenvalue weighted by atomic mass is 16.6. The Labute approximate surface area is 181 Å². The average Bonchev–Trinajstić information content (AvgIpc) is 3.22. The van der Waals surface area contributed by atoms with Crippen LogP contribution < -0.4 is 10.6 Å². The SMILES string of the molecule is O=C(Nc1nc(NC(=O)c2ccc([N+](=O)[O-])cc2)n(-c2ccccc2)n1)c1ccccc1. The van der Waals surface area contributed by atoms with Gasteiger partial charge >= 0.3 is 0 Å². The summed E-state index contributed by atoms with van der Waals surface area (Å²) in [5, 5.41) is 20.4. The molecule has 0 unspecified atom stereocenters. The zero-order valence-corrected chi connectivity index (χ0v) is 16.5. The summed E-state index contributed by atoms with van der Waals surface area (Å²) in [6.45, 7) is 0. The van der Waals surface area contributed by atoms with Crippen molar-refractivity contribution in [3.63, 3.8) is 0 Å². The van der Waals surface area contributed by atoms with Gasteiger partial charge in [-0.05, 0) is 36.4 Å². The van der Waals surface area contributed by atoms with Crippen molar-refractivity contribution >= 4 is 29.4 Å². The number of non-ortho nitro benzene ring substituents is 1. The standard InChI is InChI=1S/C22H16N6O4/c29-19(15-7-3-1-4-8-15)23-21-25-22(27(26-21)17-9-5-2-6-10-17)24-20(30)16-11-13-18(14-12-16)28(31)32/h1-14H,(H2,23,24,25,26,29,30). The summed E-state index contributed by atoms with van der Waals surface area (Å²) in [6.07, 6.45) is 0. The lowest BCUT2D eigenvalue weighted by atomic mass is 10.2. The third kappa shape index (κ3) is 4.49. The summed E-state index contributed by atoms with van der Waals surface area (Å²) in [7, 11) is 0. The molecule has 0 bridgehead atoms. The van der Waals surface area contributed by atoms with Crippen molar-refractivity contribution in [1.29, 1.82) is 0 Å². The van der Waals surface area contributed by atoms with Gasteiger partial charge in [-0.3, -0.25) is 30.3 Å². The molecule has 32 heavy (non-hydrogen) atoms. The second-order valence-corrected chi connectivity index (χ2v) is 6.58. The highest BCUT2D eigenvalue weighted by molar-refractivity contribution is 6.05. The Bertz CT molecular complexity index is 1270. The first-order valence-corrected chi connectivity index (χ1v) is 9.46. The largest absolute Gasteiger partial charge is 0.290 e. The van der Waals surface area contributed by atoms with E-state index in [-0.39, 0.29) is 23.1 Å². The van der Waals surface area contributed by atoms with Crippen LogP contribution in [0, 0.1) is 10.1 Å². The van der Waals surface area contributed by atoms with Crippen molar-refractivity contribution in [1.82, 2.24) is 14.8 Å². The molecule has 1 heterocycles. The molecule has 3 aromatic carbocycles. The molecule has 2 amide bonds. The third-order valence-electron chi connectivity index (χ3n) is 4.43. The molecule has 0 aliphatic carbocycles. The Morgan fingerprint density at radius 1 is 0.781 bits per heavy atom. The van der Waals surface area contributed by atoms with Crippen LogP contribution in [0.15, 0.2) is 84.9 Å². The zero-order chi connectivity index (χ0) is 22.5. The molecule has 0 aliphatic heterocycles. The van der Waals surface area contributed by atoms with Gasteiger partial charge in [0.15, 0.2) is 0 Å². The van der Waals surface area contributed by atoms with Crippen LogP contribution in [0.2, 0.25) is 0 Å². The summed E-state index contributed by atoms with van der Waals surface area (Å²) < 4.78 is 1.38. The molecule has 0 spiro atoms. The molecule has 0 aliphatic rings. The predicted molar refractivity (Wildman–Crippen MR) is 117 cm³/mol. The molecular weight excluding hydrogens is 412 g/mol. The molecule has 0 fully saturated rings. The molecule has 1 aromatic heterocycles. The molecule has 2 N–H and O–H groups in total. The van der Waals surface area contributed by atoms with E-state index in [0.717, 1.165) is 0 Å². The number of aromatic nitrogens is 3. The summed E-state index contributed by atoms with van der Waals surface area (Å²) >= 11 is 0. The Hall–Kier alpha value is -4.86. The van der Waals surface area contributed by atoms with Crippen molar-refractivity contribution in [2.45, 2.75) is 0 Å². The van der Waals surface area contributed by atoms with Gasteiger partial charge in [-0.1, -0.05) is 36.4 Å². The van der Waals surface area contributed by atoms with Gasteiger partial charge in [0.1, 0.15) is 0 Å². The maximum absolute atomic E-state index is 12.7. The van der Waals surface area contributed by atoms with Crippen LogP contribution in [0.1, 0.15) is 20.7 Å². The van der Waals surface area contributed by atoms with Crippen molar-refractivity contribution < 1.29 is 14.5 Å². The van der Waals surface area contributed by atoms with E-state index in [9.17, 15) is 19.7 Å². The Kier molecular flexibility index (Phi) is 5.66. The summed E-state index contributed by atoms with van der Waals surface area (Å²) in [6, 6.07) is 22.7. The lowest BCUT2D eigenvalue weighted by Gasteiger charge is -2.07. The Balaban J connectivity index is 1.62. The summed E-state index contributed by atoms with van der Waals surface area (Å²) in [5.74, 6) is -0.862. The minimum Gasteiger partial charge on any atom is -0.290 e. The van der Waals surface area contributed by atoms with Crippen LogP contribution in [-0.2, 0) is 0 Å². The highest BCUT2D eigenvalue weighted by Crippen LogP contribution is 2.18.